The lowest BCUT2D eigenvalue weighted by Gasteiger charge is -2.15. The maximum absolute atomic E-state index is 5.80. The van der Waals surface area contributed by atoms with Crippen molar-refractivity contribution in [2.75, 3.05) is 25.1 Å². The average molecular weight is 286 g/mol. The lowest BCUT2D eigenvalue weighted by atomic mass is 10.3. The van der Waals surface area contributed by atoms with Crippen LogP contribution in [0.5, 0.6) is 5.75 Å². The maximum atomic E-state index is 5.80. The summed E-state index contributed by atoms with van der Waals surface area (Å²) in [7, 11) is 2.02. The van der Waals surface area contributed by atoms with Crippen molar-refractivity contribution >= 4 is 17.3 Å². The van der Waals surface area contributed by atoms with Crippen LogP contribution in [0.3, 0.4) is 0 Å². The highest BCUT2D eigenvalue weighted by Crippen LogP contribution is 2.15. The van der Waals surface area contributed by atoms with Gasteiger partial charge in [-0.2, -0.15) is 0 Å². The predicted octanol–water partition coefficient (Wildman–Crippen LogP) is 3.86. The summed E-state index contributed by atoms with van der Waals surface area (Å²) in [6.07, 6.45) is 0. The Labute approximate surface area is 124 Å². The molecule has 0 spiro atoms. The van der Waals surface area contributed by atoms with Crippen molar-refractivity contribution in [3.63, 3.8) is 0 Å². The van der Waals surface area contributed by atoms with Crippen LogP contribution in [0.15, 0.2) is 54.6 Å². The van der Waals surface area contributed by atoms with E-state index in [1.165, 1.54) is 0 Å². The molecule has 3 heteroatoms. The SMILES string of the molecule is CN(CC#CCOc1ccc(Cl)cc1)c1ccccc1. The van der Waals surface area contributed by atoms with E-state index in [1.54, 1.807) is 12.1 Å². The van der Waals surface area contributed by atoms with E-state index in [9.17, 15) is 0 Å². The van der Waals surface area contributed by atoms with Crippen molar-refractivity contribution in [1.82, 2.24) is 0 Å². The summed E-state index contributed by atoms with van der Waals surface area (Å²) < 4.78 is 5.50. The lowest BCUT2D eigenvalue weighted by molar-refractivity contribution is 0.370. The minimum absolute atomic E-state index is 0.379. The topological polar surface area (TPSA) is 12.5 Å². The molecular formula is C17H16ClNO. The van der Waals surface area contributed by atoms with Gasteiger partial charge in [-0.25, -0.2) is 0 Å². The minimum atomic E-state index is 0.379. The van der Waals surface area contributed by atoms with Gasteiger partial charge in [0, 0.05) is 17.8 Å². The fraction of sp³-hybridized carbons (Fsp3) is 0.176. The Morgan fingerprint density at radius 1 is 1.00 bits per heavy atom. The molecule has 0 amide bonds. The second-order valence-corrected chi connectivity index (χ2v) is 4.72. The smallest absolute Gasteiger partial charge is 0.149 e. The van der Waals surface area contributed by atoms with E-state index in [0.717, 1.165) is 11.4 Å². The Morgan fingerprint density at radius 2 is 1.70 bits per heavy atom. The van der Waals surface area contributed by atoms with Gasteiger partial charge in [0.15, 0.2) is 0 Å². The molecule has 2 rings (SSSR count). The molecule has 0 aliphatic carbocycles. The Kier molecular flexibility index (Phi) is 5.34. The molecule has 0 bridgehead atoms. The van der Waals surface area contributed by atoms with Crippen molar-refractivity contribution in [3.8, 4) is 17.6 Å². The van der Waals surface area contributed by atoms with Crippen LogP contribution in [-0.2, 0) is 0 Å². The molecule has 2 aromatic rings. The van der Waals surface area contributed by atoms with E-state index < -0.39 is 0 Å². The van der Waals surface area contributed by atoms with Crippen molar-refractivity contribution in [2.45, 2.75) is 0 Å². The molecule has 102 valence electrons. The van der Waals surface area contributed by atoms with Gasteiger partial charge in [-0.3, -0.25) is 0 Å². The van der Waals surface area contributed by atoms with E-state index in [4.69, 9.17) is 16.3 Å². The van der Waals surface area contributed by atoms with Crippen LogP contribution in [0, 0.1) is 11.8 Å². The number of nitrogens with zero attached hydrogens (tertiary/aromatic N) is 1. The van der Waals surface area contributed by atoms with Gasteiger partial charge in [0.05, 0.1) is 6.54 Å². The minimum Gasteiger partial charge on any atom is -0.481 e. The first-order valence-corrected chi connectivity index (χ1v) is 6.74. The van der Waals surface area contributed by atoms with Gasteiger partial charge in [0.25, 0.3) is 0 Å². The summed E-state index contributed by atoms with van der Waals surface area (Å²) in [6, 6.07) is 17.4. The standard InChI is InChI=1S/C17H16ClNO/c1-19(16-7-3-2-4-8-16)13-5-6-14-20-17-11-9-15(18)10-12-17/h2-4,7-12H,13-14H2,1H3. The van der Waals surface area contributed by atoms with Crippen LogP contribution < -0.4 is 9.64 Å². The number of ether oxygens (including phenoxy) is 1. The van der Waals surface area contributed by atoms with E-state index in [2.05, 4.69) is 28.9 Å². The first-order valence-electron chi connectivity index (χ1n) is 6.36. The largest absolute Gasteiger partial charge is 0.481 e. The fourth-order valence-electron chi connectivity index (χ4n) is 1.65. The number of halogens is 1. The van der Waals surface area contributed by atoms with Crippen LogP contribution in [-0.4, -0.2) is 20.2 Å². The Morgan fingerprint density at radius 3 is 2.40 bits per heavy atom. The summed E-state index contributed by atoms with van der Waals surface area (Å²) in [5.41, 5.74) is 1.15. The molecule has 0 saturated carbocycles. The molecule has 0 aliphatic rings. The third-order valence-electron chi connectivity index (χ3n) is 2.76. The average Bonchev–Trinajstić information content (AvgIpc) is 2.49. The number of para-hydroxylation sites is 1. The molecule has 0 atom stereocenters. The third-order valence-corrected chi connectivity index (χ3v) is 3.01. The molecule has 0 unspecified atom stereocenters. The van der Waals surface area contributed by atoms with Gasteiger partial charge in [-0.15, -0.1) is 0 Å². The first-order chi connectivity index (χ1) is 9.75. The quantitative estimate of drug-likeness (QED) is 0.791. The number of rotatable bonds is 4. The van der Waals surface area contributed by atoms with Crippen molar-refractivity contribution in [3.05, 3.63) is 59.6 Å². The van der Waals surface area contributed by atoms with Crippen molar-refractivity contribution in [1.29, 1.82) is 0 Å². The highest BCUT2D eigenvalue weighted by Gasteiger charge is 1.95. The molecule has 2 aromatic carbocycles. The normalized spacial score (nSPS) is 9.50. The van der Waals surface area contributed by atoms with Crippen LogP contribution in [0.4, 0.5) is 5.69 Å². The van der Waals surface area contributed by atoms with E-state index in [1.807, 2.05) is 37.4 Å². The van der Waals surface area contributed by atoms with Gasteiger partial charge >= 0.3 is 0 Å². The van der Waals surface area contributed by atoms with Gasteiger partial charge in [0.1, 0.15) is 12.4 Å². The zero-order valence-electron chi connectivity index (χ0n) is 11.3. The van der Waals surface area contributed by atoms with Crippen LogP contribution in [0.25, 0.3) is 0 Å². The van der Waals surface area contributed by atoms with Gasteiger partial charge in [-0.1, -0.05) is 41.6 Å². The molecule has 20 heavy (non-hydrogen) atoms. The van der Waals surface area contributed by atoms with Crippen LogP contribution >= 0.6 is 11.6 Å². The molecular weight excluding hydrogens is 270 g/mol. The molecule has 0 heterocycles. The fourth-order valence-corrected chi connectivity index (χ4v) is 1.78. The first kappa shape index (κ1) is 14.3. The van der Waals surface area contributed by atoms with Gasteiger partial charge in [0.2, 0.25) is 0 Å². The summed E-state index contributed by atoms with van der Waals surface area (Å²) in [5, 5.41) is 0.702. The second-order valence-electron chi connectivity index (χ2n) is 4.29. The zero-order valence-corrected chi connectivity index (χ0v) is 12.1. The van der Waals surface area contributed by atoms with Gasteiger partial charge in [-0.05, 0) is 36.4 Å². The third kappa shape index (κ3) is 4.53. The molecule has 0 N–H and O–H groups in total. The number of anilines is 1. The molecule has 0 aliphatic heterocycles. The molecule has 0 saturated heterocycles. The summed E-state index contributed by atoms with van der Waals surface area (Å²) in [4.78, 5) is 2.09. The Bertz CT molecular complexity index is 584. The lowest BCUT2D eigenvalue weighted by Crippen LogP contribution is -2.16. The zero-order chi connectivity index (χ0) is 14.2. The van der Waals surface area contributed by atoms with Gasteiger partial charge < -0.3 is 9.64 Å². The summed E-state index contributed by atoms with van der Waals surface area (Å²) in [5.74, 6) is 6.87. The van der Waals surface area contributed by atoms with E-state index in [-0.39, 0.29) is 0 Å². The van der Waals surface area contributed by atoms with Crippen molar-refractivity contribution < 1.29 is 4.74 Å². The highest BCUT2D eigenvalue weighted by molar-refractivity contribution is 6.30. The van der Waals surface area contributed by atoms with Crippen LogP contribution in [0.2, 0.25) is 5.02 Å². The Hall–Kier alpha value is -2.11. The molecule has 0 aromatic heterocycles. The number of hydrogen-bond acceptors (Lipinski definition) is 2. The highest BCUT2D eigenvalue weighted by atomic mass is 35.5. The number of benzene rings is 2. The predicted molar refractivity (Wildman–Crippen MR) is 84.4 cm³/mol. The van der Waals surface area contributed by atoms with Crippen molar-refractivity contribution in [2.24, 2.45) is 0 Å². The van der Waals surface area contributed by atoms with E-state index in [0.29, 0.717) is 18.2 Å². The summed E-state index contributed by atoms with van der Waals surface area (Å²) in [6.45, 7) is 1.05. The second kappa shape index (κ2) is 7.47. The molecule has 2 nitrogen and oxygen atoms in total. The van der Waals surface area contributed by atoms with E-state index >= 15 is 0 Å². The number of hydrogen-bond donors (Lipinski definition) is 0. The monoisotopic (exact) mass is 285 g/mol. The molecule has 0 fully saturated rings. The molecule has 0 radical (unpaired) electrons. The van der Waals surface area contributed by atoms with Crippen LogP contribution in [0.1, 0.15) is 0 Å². The maximum Gasteiger partial charge on any atom is 0.149 e. The summed E-state index contributed by atoms with van der Waals surface area (Å²) >= 11 is 5.80. The Balaban J connectivity index is 1.76.